The van der Waals surface area contributed by atoms with Crippen molar-refractivity contribution in [3.8, 4) is 0 Å². The van der Waals surface area contributed by atoms with Crippen LogP contribution in [0.4, 0.5) is 8.78 Å². The fourth-order valence-corrected chi connectivity index (χ4v) is 5.03. The maximum absolute atomic E-state index is 13.7. The molecule has 1 N–H and O–H groups in total. The van der Waals surface area contributed by atoms with Crippen molar-refractivity contribution in [3.05, 3.63) is 54.4 Å². The molecule has 1 saturated heterocycles. The van der Waals surface area contributed by atoms with Crippen molar-refractivity contribution in [1.82, 2.24) is 14.9 Å². The third-order valence-corrected chi connectivity index (χ3v) is 6.66. The molecule has 3 aromatic rings. The summed E-state index contributed by atoms with van der Waals surface area (Å²) in [5.74, 6) is -1.30. The number of rotatable bonds is 4. The average Bonchev–Trinajstić information content (AvgIpc) is 3.01. The van der Waals surface area contributed by atoms with Crippen molar-refractivity contribution < 1.29 is 17.2 Å². The molecule has 8 heteroatoms. The first-order valence-electron chi connectivity index (χ1n) is 8.84. The van der Waals surface area contributed by atoms with Crippen LogP contribution in [0.1, 0.15) is 19.3 Å². The summed E-state index contributed by atoms with van der Waals surface area (Å²) in [5, 5.41) is 3.72. The lowest BCUT2D eigenvalue weighted by atomic mass is 10.1. The SMILES string of the molecule is O=S(=O)(c1cccc(F)c1)c1cn(C[C@H]2CCCCN2)c2nc(F)ccc12. The Balaban J connectivity index is 1.83. The van der Waals surface area contributed by atoms with Crippen molar-refractivity contribution in [2.75, 3.05) is 6.54 Å². The summed E-state index contributed by atoms with van der Waals surface area (Å²) in [6.45, 7) is 1.39. The van der Waals surface area contributed by atoms with E-state index in [0.29, 0.717) is 11.9 Å². The molecule has 0 saturated carbocycles. The molecule has 1 atom stereocenters. The highest BCUT2D eigenvalue weighted by Crippen LogP contribution is 2.30. The molecule has 4 rings (SSSR count). The predicted molar refractivity (Wildman–Crippen MR) is 97.2 cm³/mol. The Morgan fingerprint density at radius 2 is 2.04 bits per heavy atom. The van der Waals surface area contributed by atoms with E-state index < -0.39 is 21.6 Å². The number of pyridine rings is 1. The Bertz CT molecular complexity index is 1090. The van der Waals surface area contributed by atoms with E-state index in [1.54, 1.807) is 4.57 Å². The third-order valence-electron chi connectivity index (χ3n) is 4.88. The van der Waals surface area contributed by atoms with Gasteiger partial charge in [-0.3, -0.25) is 0 Å². The van der Waals surface area contributed by atoms with Crippen LogP contribution in [0.25, 0.3) is 11.0 Å². The lowest BCUT2D eigenvalue weighted by Gasteiger charge is -2.24. The van der Waals surface area contributed by atoms with E-state index in [4.69, 9.17) is 0 Å². The lowest BCUT2D eigenvalue weighted by Crippen LogP contribution is -2.37. The smallest absolute Gasteiger partial charge is 0.214 e. The summed E-state index contributed by atoms with van der Waals surface area (Å²) < 4.78 is 55.1. The second kappa shape index (κ2) is 7.01. The third kappa shape index (κ3) is 3.46. The van der Waals surface area contributed by atoms with E-state index in [9.17, 15) is 17.2 Å². The van der Waals surface area contributed by atoms with E-state index in [1.165, 1.54) is 30.5 Å². The Morgan fingerprint density at radius 1 is 1.19 bits per heavy atom. The van der Waals surface area contributed by atoms with Crippen LogP contribution in [-0.2, 0) is 16.4 Å². The van der Waals surface area contributed by atoms with Crippen LogP contribution >= 0.6 is 0 Å². The minimum Gasteiger partial charge on any atom is -0.329 e. The summed E-state index contributed by atoms with van der Waals surface area (Å²) >= 11 is 0. The van der Waals surface area contributed by atoms with Crippen LogP contribution in [-0.4, -0.2) is 30.6 Å². The lowest BCUT2D eigenvalue weighted by molar-refractivity contribution is 0.365. The number of benzene rings is 1. The van der Waals surface area contributed by atoms with Gasteiger partial charge in [0, 0.05) is 24.2 Å². The van der Waals surface area contributed by atoms with E-state index in [0.717, 1.165) is 37.9 Å². The van der Waals surface area contributed by atoms with Crippen LogP contribution < -0.4 is 5.32 Å². The minimum absolute atomic E-state index is 0.00593. The largest absolute Gasteiger partial charge is 0.329 e. The van der Waals surface area contributed by atoms with E-state index in [2.05, 4.69) is 10.3 Å². The highest BCUT2D eigenvalue weighted by molar-refractivity contribution is 7.91. The summed E-state index contributed by atoms with van der Waals surface area (Å²) in [4.78, 5) is 3.79. The number of sulfone groups is 1. The molecular weight excluding hydrogens is 372 g/mol. The topological polar surface area (TPSA) is 64.0 Å². The predicted octanol–water partition coefficient (Wildman–Crippen LogP) is 3.29. The van der Waals surface area contributed by atoms with Crippen LogP contribution in [0.15, 0.2) is 52.4 Å². The molecule has 0 aliphatic carbocycles. The number of nitrogens with one attached hydrogen (secondary N) is 1. The molecule has 2 aromatic heterocycles. The van der Waals surface area contributed by atoms with Gasteiger partial charge in [0.25, 0.3) is 0 Å². The molecule has 1 fully saturated rings. The van der Waals surface area contributed by atoms with Gasteiger partial charge >= 0.3 is 0 Å². The standard InChI is InChI=1S/C19H19F2N3O2S/c20-13-4-3-6-15(10-13)27(25,26)17-12-24(11-14-5-1-2-9-22-14)19-16(17)7-8-18(21)23-19/h3-4,6-8,10,12,14,22H,1-2,5,9,11H2/t14-/m1/s1. The zero-order chi connectivity index (χ0) is 19.0. The first-order valence-corrected chi connectivity index (χ1v) is 10.3. The molecule has 1 aliphatic heterocycles. The maximum Gasteiger partial charge on any atom is 0.214 e. The Labute approximate surface area is 155 Å². The summed E-state index contributed by atoms with van der Waals surface area (Å²) in [5.41, 5.74) is 0.275. The van der Waals surface area contributed by atoms with Crippen molar-refractivity contribution in [3.63, 3.8) is 0 Å². The molecular formula is C19H19F2N3O2S. The van der Waals surface area contributed by atoms with E-state index in [1.807, 2.05) is 0 Å². The molecule has 5 nitrogen and oxygen atoms in total. The van der Waals surface area contributed by atoms with Gasteiger partial charge in [-0.1, -0.05) is 12.5 Å². The molecule has 0 bridgehead atoms. The molecule has 0 amide bonds. The van der Waals surface area contributed by atoms with Crippen LogP contribution in [0.3, 0.4) is 0 Å². The Hall–Kier alpha value is -2.32. The molecule has 1 aromatic carbocycles. The normalized spacial score (nSPS) is 18.1. The molecule has 27 heavy (non-hydrogen) atoms. The van der Waals surface area contributed by atoms with E-state index >= 15 is 0 Å². The first kappa shape index (κ1) is 18.1. The van der Waals surface area contributed by atoms with Gasteiger partial charge in [-0.05, 0) is 49.7 Å². The van der Waals surface area contributed by atoms with Crippen LogP contribution in [0, 0.1) is 11.8 Å². The fourth-order valence-electron chi connectivity index (χ4n) is 3.54. The molecule has 0 radical (unpaired) electrons. The van der Waals surface area contributed by atoms with Crippen molar-refractivity contribution in [2.24, 2.45) is 0 Å². The quantitative estimate of drug-likeness (QED) is 0.694. The Morgan fingerprint density at radius 3 is 2.78 bits per heavy atom. The van der Waals surface area contributed by atoms with Gasteiger partial charge in [0.2, 0.25) is 15.8 Å². The van der Waals surface area contributed by atoms with Crippen molar-refractivity contribution in [1.29, 1.82) is 0 Å². The molecule has 1 aliphatic rings. The van der Waals surface area contributed by atoms with Gasteiger partial charge in [0.05, 0.1) is 9.79 Å². The van der Waals surface area contributed by atoms with Gasteiger partial charge in [-0.2, -0.15) is 4.39 Å². The van der Waals surface area contributed by atoms with Crippen LogP contribution in [0.2, 0.25) is 0 Å². The average molecular weight is 391 g/mol. The summed E-state index contributed by atoms with van der Waals surface area (Å²) in [7, 11) is -3.96. The number of hydrogen-bond donors (Lipinski definition) is 1. The highest BCUT2D eigenvalue weighted by atomic mass is 32.2. The van der Waals surface area contributed by atoms with Crippen LogP contribution in [0.5, 0.6) is 0 Å². The first-order chi connectivity index (χ1) is 12.9. The van der Waals surface area contributed by atoms with Gasteiger partial charge < -0.3 is 9.88 Å². The minimum atomic E-state index is -3.96. The zero-order valence-corrected chi connectivity index (χ0v) is 15.3. The number of nitrogens with zero attached hydrogens (tertiary/aromatic N) is 2. The van der Waals surface area contributed by atoms with Crippen molar-refractivity contribution >= 4 is 20.9 Å². The number of aromatic nitrogens is 2. The van der Waals surface area contributed by atoms with Gasteiger partial charge in [-0.15, -0.1) is 0 Å². The number of piperidine rings is 1. The number of hydrogen-bond acceptors (Lipinski definition) is 4. The summed E-state index contributed by atoms with van der Waals surface area (Å²) in [6.07, 6.45) is 4.64. The number of halogens is 2. The van der Waals surface area contributed by atoms with Gasteiger partial charge in [0.1, 0.15) is 11.5 Å². The second-order valence-electron chi connectivity index (χ2n) is 6.76. The van der Waals surface area contributed by atoms with Crippen molar-refractivity contribution in [2.45, 2.75) is 41.6 Å². The molecule has 142 valence electrons. The second-order valence-corrected chi connectivity index (χ2v) is 8.68. The summed E-state index contributed by atoms with van der Waals surface area (Å²) in [6, 6.07) is 7.59. The molecule has 0 spiro atoms. The van der Waals surface area contributed by atoms with Gasteiger partial charge in [0.15, 0.2) is 0 Å². The fraction of sp³-hybridized carbons (Fsp3) is 0.316. The van der Waals surface area contributed by atoms with E-state index in [-0.39, 0.29) is 21.5 Å². The monoisotopic (exact) mass is 391 g/mol. The zero-order valence-electron chi connectivity index (χ0n) is 14.5. The highest BCUT2D eigenvalue weighted by Gasteiger charge is 2.26. The molecule has 0 unspecified atom stereocenters. The van der Waals surface area contributed by atoms with Gasteiger partial charge in [-0.25, -0.2) is 17.8 Å². The molecule has 3 heterocycles. The number of fused-ring (bicyclic) bond motifs is 1. The Kier molecular flexibility index (Phi) is 4.69. The maximum atomic E-state index is 13.7.